The normalized spacial score (nSPS) is 16.6. The quantitative estimate of drug-likeness (QED) is 0.863. The number of carbonyl (C=O) groups is 2. The number of halogens is 2. The molecule has 1 aromatic rings. The Hall–Kier alpha value is -1.46. The van der Waals surface area contributed by atoms with Crippen molar-refractivity contribution in [1.29, 1.82) is 0 Å². The first-order chi connectivity index (χ1) is 11.3. The summed E-state index contributed by atoms with van der Waals surface area (Å²) >= 11 is 11.9. The van der Waals surface area contributed by atoms with Crippen molar-refractivity contribution in [3.63, 3.8) is 0 Å². The Bertz CT molecular complexity index is 581. The van der Waals surface area contributed by atoms with Gasteiger partial charge in [-0.25, -0.2) is 0 Å². The summed E-state index contributed by atoms with van der Waals surface area (Å²) in [5.74, 6) is 0.804. The maximum atomic E-state index is 12.2. The predicted molar refractivity (Wildman–Crippen MR) is 94.5 cm³/mol. The van der Waals surface area contributed by atoms with Gasteiger partial charge in [-0.3, -0.25) is 9.59 Å². The number of likely N-dealkylation sites (tertiary alicyclic amines) is 1. The maximum Gasteiger partial charge on any atom is 0.244 e. The molecule has 1 heterocycles. The standard InChI is InChI=1S/C17H22Cl2N2O3/c1-11(20-12(2)22)17(23)21-5-3-13(4-6-21)10-24-16-8-14(18)7-15(19)9-16/h7-9,11,13H,3-6,10H2,1-2H3,(H,20,22). The van der Waals surface area contributed by atoms with E-state index in [0.29, 0.717) is 41.4 Å². The monoisotopic (exact) mass is 372 g/mol. The van der Waals surface area contributed by atoms with E-state index in [1.165, 1.54) is 6.92 Å². The number of piperidine rings is 1. The molecule has 5 nitrogen and oxygen atoms in total. The van der Waals surface area contributed by atoms with Gasteiger partial charge in [-0.2, -0.15) is 0 Å². The van der Waals surface area contributed by atoms with Crippen molar-refractivity contribution in [2.24, 2.45) is 5.92 Å². The minimum absolute atomic E-state index is 0.0359. The summed E-state index contributed by atoms with van der Waals surface area (Å²) in [5.41, 5.74) is 0. The number of nitrogens with one attached hydrogen (secondary N) is 1. The highest BCUT2D eigenvalue weighted by molar-refractivity contribution is 6.34. The molecule has 2 rings (SSSR count). The molecule has 1 atom stereocenters. The second-order valence-electron chi connectivity index (χ2n) is 6.11. The molecule has 0 aliphatic carbocycles. The van der Waals surface area contributed by atoms with Gasteiger partial charge in [-0.05, 0) is 43.9 Å². The minimum atomic E-state index is -0.482. The van der Waals surface area contributed by atoms with E-state index >= 15 is 0 Å². The fourth-order valence-corrected chi connectivity index (χ4v) is 3.29. The van der Waals surface area contributed by atoms with Crippen LogP contribution in [0, 0.1) is 5.92 Å². The average Bonchev–Trinajstić information content (AvgIpc) is 2.51. The SMILES string of the molecule is CC(=O)NC(C)C(=O)N1CCC(COc2cc(Cl)cc(Cl)c2)CC1. The Balaban J connectivity index is 1.78. The number of nitrogens with zero attached hydrogens (tertiary/aromatic N) is 1. The number of rotatable bonds is 5. The van der Waals surface area contributed by atoms with E-state index in [4.69, 9.17) is 27.9 Å². The molecular weight excluding hydrogens is 351 g/mol. The highest BCUT2D eigenvalue weighted by Gasteiger charge is 2.26. The van der Waals surface area contributed by atoms with Crippen LogP contribution < -0.4 is 10.1 Å². The van der Waals surface area contributed by atoms with Gasteiger partial charge >= 0.3 is 0 Å². The van der Waals surface area contributed by atoms with Crippen molar-refractivity contribution in [1.82, 2.24) is 10.2 Å². The maximum absolute atomic E-state index is 12.2. The fraction of sp³-hybridized carbons (Fsp3) is 0.529. The topological polar surface area (TPSA) is 58.6 Å². The van der Waals surface area contributed by atoms with Crippen LogP contribution in [0.1, 0.15) is 26.7 Å². The number of hydrogen-bond acceptors (Lipinski definition) is 3. The number of benzene rings is 1. The van der Waals surface area contributed by atoms with E-state index in [1.807, 2.05) is 0 Å². The first-order valence-corrected chi connectivity index (χ1v) is 8.75. The van der Waals surface area contributed by atoms with Crippen LogP contribution in [0.4, 0.5) is 0 Å². The minimum Gasteiger partial charge on any atom is -0.493 e. The van der Waals surface area contributed by atoms with E-state index in [9.17, 15) is 9.59 Å². The zero-order chi connectivity index (χ0) is 17.7. The largest absolute Gasteiger partial charge is 0.493 e. The van der Waals surface area contributed by atoms with Crippen LogP contribution in [0.3, 0.4) is 0 Å². The summed E-state index contributed by atoms with van der Waals surface area (Å²) in [6.45, 7) is 5.04. The van der Waals surface area contributed by atoms with Gasteiger partial charge in [-0.1, -0.05) is 23.2 Å². The first-order valence-electron chi connectivity index (χ1n) is 8.00. The number of ether oxygens (including phenoxy) is 1. The van der Waals surface area contributed by atoms with Crippen molar-refractivity contribution in [2.75, 3.05) is 19.7 Å². The Labute approximate surface area is 152 Å². The van der Waals surface area contributed by atoms with Crippen molar-refractivity contribution in [2.45, 2.75) is 32.7 Å². The number of amides is 2. The van der Waals surface area contributed by atoms with Crippen molar-refractivity contribution in [3.8, 4) is 5.75 Å². The summed E-state index contributed by atoms with van der Waals surface area (Å²) in [5, 5.41) is 3.72. The molecule has 1 aliphatic rings. The highest BCUT2D eigenvalue weighted by atomic mass is 35.5. The smallest absolute Gasteiger partial charge is 0.244 e. The Morgan fingerprint density at radius 1 is 1.25 bits per heavy atom. The Morgan fingerprint density at radius 3 is 2.38 bits per heavy atom. The lowest BCUT2D eigenvalue weighted by Crippen LogP contribution is -2.49. The first kappa shape index (κ1) is 18.9. The van der Waals surface area contributed by atoms with Gasteiger partial charge in [0.1, 0.15) is 11.8 Å². The summed E-state index contributed by atoms with van der Waals surface area (Å²) < 4.78 is 5.77. The van der Waals surface area contributed by atoms with Crippen LogP contribution in [0.2, 0.25) is 10.0 Å². The summed E-state index contributed by atoms with van der Waals surface area (Å²) in [4.78, 5) is 25.1. The number of hydrogen-bond donors (Lipinski definition) is 1. The van der Waals surface area contributed by atoms with E-state index in [-0.39, 0.29) is 11.8 Å². The molecule has 0 saturated carbocycles. The zero-order valence-electron chi connectivity index (χ0n) is 13.9. The van der Waals surface area contributed by atoms with Crippen LogP contribution in [0.15, 0.2) is 18.2 Å². The highest BCUT2D eigenvalue weighted by Crippen LogP contribution is 2.26. The van der Waals surface area contributed by atoms with Gasteiger partial charge in [0.2, 0.25) is 11.8 Å². The van der Waals surface area contributed by atoms with Crippen LogP contribution in [0.25, 0.3) is 0 Å². The Morgan fingerprint density at radius 2 is 1.83 bits per heavy atom. The van der Waals surface area contributed by atoms with E-state index in [0.717, 1.165) is 12.8 Å². The van der Waals surface area contributed by atoms with Gasteiger partial charge < -0.3 is 15.0 Å². The van der Waals surface area contributed by atoms with Gasteiger partial charge in [0.05, 0.1) is 6.61 Å². The van der Waals surface area contributed by atoms with Crippen LogP contribution >= 0.6 is 23.2 Å². The van der Waals surface area contributed by atoms with E-state index in [1.54, 1.807) is 30.0 Å². The fourth-order valence-electron chi connectivity index (χ4n) is 2.79. The molecule has 132 valence electrons. The van der Waals surface area contributed by atoms with Gasteiger partial charge in [0.25, 0.3) is 0 Å². The zero-order valence-corrected chi connectivity index (χ0v) is 15.4. The lowest BCUT2D eigenvalue weighted by atomic mass is 9.97. The molecule has 0 radical (unpaired) electrons. The molecule has 1 aliphatic heterocycles. The van der Waals surface area contributed by atoms with Crippen molar-refractivity contribution < 1.29 is 14.3 Å². The number of carbonyl (C=O) groups excluding carboxylic acids is 2. The third-order valence-electron chi connectivity index (χ3n) is 4.04. The van der Waals surface area contributed by atoms with Crippen molar-refractivity contribution >= 4 is 35.0 Å². The predicted octanol–water partition coefficient (Wildman–Crippen LogP) is 3.14. The molecule has 24 heavy (non-hydrogen) atoms. The second kappa shape index (κ2) is 8.58. The van der Waals surface area contributed by atoms with Crippen LogP contribution in [0.5, 0.6) is 5.75 Å². The molecular formula is C17H22Cl2N2O3. The molecule has 0 aromatic heterocycles. The molecule has 1 aromatic carbocycles. The molecule has 1 N–H and O–H groups in total. The summed E-state index contributed by atoms with van der Waals surface area (Å²) in [7, 11) is 0. The average molecular weight is 373 g/mol. The third-order valence-corrected chi connectivity index (χ3v) is 4.47. The summed E-state index contributed by atoms with van der Waals surface area (Å²) in [6, 6.07) is 4.66. The van der Waals surface area contributed by atoms with Crippen molar-refractivity contribution in [3.05, 3.63) is 28.2 Å². The van der Waals surface area contributed by atoms with E-state index in [2.05, 4.69) is 5.32 Å². The second-order valence-corrected chi connectivity index (χ2v) is 6.98. The summed E-state index contributed by atoms with van der Waals surface area (Å²) in [6.07, 6.45) is 1.74. The molecule has 7 heteroatoms. The van der Waals surface area contributed by atoms with Gasteiger partial charge in [0.15, 0.2) is 0 Å². The van der Waals surface area contributed by atoms with Crippen LogP contribution in [-0.2, 0) is 9.59 Å². The molecule has 2 amide bonds. The van der Waals surface area contributed by atoms with E-state index < -0.39 is 6.04 Å². The van der Waals surface area contributed by atoms with Gasteiger partial charge in [0, 0.05) is 30.1 Å². The molecule has 1 fully saturated rings. The lowest BCUT2D eigenvalue weighted by Gasteiger charge is -2.33. The third kappa shape index (κ3) is 5.56. The van der Waals surface area contributed by atoms with Crippen LogP contribution in [-0.4, -0.2) is 42.5 Å². The lowest BCUT2D eigenvalue weighted by molar-refractivity contribution is -0.136. The van der Waals surface area contributed by atoms with Gasteiger partial charge in [-0.15, -0.1) is 0 Å². The molecule has 0 spiro atoms. The molecule has 1 saturated heterocycles. The Kier molecular flexibility index (Phi) is 6.75. The molecule has 0 bridgehead atoms. The molecule has 1 unspecified atom stereocenters.